The van der Waals surface area contributed by atoms with Gasteiger partial charge in [0.1, 0.15) is 4.83 Å². The molecule has 1 aromatic carbocycles. The van der Waals surface area contributed by atoms with Gasteiger partial charge >= 0.3 is 11.7 Å². The molecule has 0 saturated carbocycles. The Labute approximate surface area is 157 Å². The first-order valence-electron chi connectivity index (χ1n) is 9.36. The van der Waals surface area contributed by atoms with Crippen molar-refractivity contribution >= 4 is 21.6 Å². The monoisotopic (exact) mass is 371 g/mol. The van der Waals surface area contributed by atoms with Crippen LogP contribution in [-0.2, 0) is 6.42 Å². The van der Waals surface area contributed by atoms with Gasteiger partial charge in [-0.05, 0) is 18.1 Å². The smallest absolute Gasteiger partial charge is 0.397 e. The fourth-order valence-electron chi connectivity index (χ4n) is 2.89. The average Bonchev–Trinajstić information content (AvgIpc) is 3.05. The maximum atomic E-state index is 12.2. The molecule has 138 valence electrons. The lowest BCUT2D eigenvalue weighted by atomic mass is 10.1. The Morgan fingerprint density at radius 2 is 1.85 bits per heavy atom. The van der Waals surface area contributed by atoms with Crippen LogP contribution >= 0.6 is 11.3 Å². The number of nitrogens with zero attached hydrogens (tertiary/aromatic N) is 1. The highest BCUT2D eigenvalue weighted by Crippen LogP contribution is 2.25. The van der Waals surface area contributed by atoms with Crippen molar-refractivity contribution in [2.45, 2.75) is 51.9 Å². The molecule has 2 aromatic heterocycles. The zero-order valence-electron chi connectivity index (χ0n) is 15.2. The summed E-state index contributed by atoms with van der Waals surface area (Å²) in [7, 11) is 0. The molecule has 0 aliphatic carbocycles. The van der Waals surface area contributed by atoms with Gasteiger partial charge in [-0.25, -0.2) is 4.79 Å². The van der Waals surface area contributed by atoms with Gasteiger partial charge in [0.05, 0.1) is 12.0 Å². The van der Waals surface area contributed by atoms with Crippen molar-refractivity contribution in [1.82, 2.24) is 4.98 Å². The van der Waals surface area contributed by atoms with E-state index in [0.717, 1.165) is 24.1 Å². The molecule has 26 heavy (non-hydrogen) atoms. The minimum absolute atomic E-state index is 0.0872. The van der Waals surface area contributed by atoms with E-state index in [1.165, 1.54) is 42.6 Å². The SMILES string of the molecule is CCCCCCCCOc1nc2sc(Cc3ccccc3)cc2c(=O)o1. The average molecular weight is 372 g/mol. The first-order chi connectivity index (χ1) is 12.8. The molecule has 4 nitrogen and oxygen atoms in total. The number of hydrogen-bond acceptors (Lipinski definition) is 5. The van der Waals surface area contributed by atoms with Crippen molar-refractivity contribution in [1.29, 1.82) is 0 Å². The lowest BCUT2D eigenvalue weighted by Crippen LogP contribution is -2.05. The van der Waals surface area contributed by atoms with Crippen LogP contribution in [0, 0.1) is 0 Å². The molecule has 0 aliphatic rings. The van der Waals surface area contributed by atoms with Crippen LogP contribution in [0.4, 0.5) is 0 Å². The zero-order valence-corrected chi connectivity index (χ0v) is 16.0. The molecule has 2 heterocycles. The molecule has 0 radical (unpaired) electrons. The first kappa shape index (κ1) is 18.6. The minimum atomic E-state index is -0.372. The molecule has 3 rings (SSSR count). The van der Waals surface area contributed by atoms with Gasteiger partial charge in [-0.1, -0.05) is 69.4 Å². The van der Waals surface area contributed by atoms with Crippen molar-refractivity contribution in [3.63, 3.8) is 0 Å². The largest absolute Gasteiger partial charge is 0.450 e. The normalized spacial score (nSPS) is 11.1. The Bertz CT molecular complexity index is 870. The van der Waals surface area contributed by atoms with Gasteiger partial charge in [-0.15, -0.1) is 11.3 Å². The molecule has 0 amide bonds. The van der Waals surface area contributed by atoms with Gasteiger partial charge < -0.3 is 9.15 Å². The second-order valence-corrected chi connectivity index (χ2v) is 7.59. The van der Waals surface area contributed by atoms with Crippen LogP contribution < -0.4 is 10.4 Å². The predicted octanol–water partition coefficient (Wildman–Crippen LogP) is 5.58. The molecule has 0 fully saturated rings. The van der Waals surface area contributed by atoms with Gasteiger partial charge in [0.15, 0.2) is 0 Å². The second kappa shape index (κ2) is 9.53. The summed E-state index contributed by atoms with van der Waals surface area (Å²) in [5.41, 5.74) is 0.839. The summed E-state index contributed by atoms with van der Waals surface area (Å²) in [4.78, 5) is 18.3. The van der Waals surface area contributed by atoms with E-state index >= 15 is 0 Å². The highest BCUT2D eigenvalue weighted by atomic mass is 32.1. The molecule has 0 unspecified atom stereocenters. The molecular weight excluding hydrogens is 346 g/mol. The van der Waals surface area contributed by atoms with Crippen LogP contribution in [0.2, 0.25) is 0 Å². The van der Waals surface area contributed by atoms with Crippen molar-refractivity contribution in [2.75, 3.05) is 6.61 Å². The number of ether oxygens (including phenoxy) is 1. The highest BCUT2D eigenvalue weighted by molar-refractivity contribution is 7.18. The number of fused-ring (bicyclic) bond motifs is 1. The summed E-state index contributed by atoms with van der Waals surface area (Å²) in [6, 6.07) is 12.1. The standard InChI is InChI=1S/C21H25NO3S/c1-2-3-4-5-6-10-13-24-21-22-19-18(20(23)25-21)15-17(26-19)14-16-11-8-7-9-12-16/h7-9,11-12,15H,2-6,10,13-14H2,1H3. The molecule has 3 aromatic rings. The van der Waals surface area contributed by atoms with E-state index in [1.54, 1.807) is 0 Å². The molecule has 0 aliphatic heterocycles. The fourth-order valence-corrected chi connectivity index (χ4v) is 3.92. The lowest BCUT2D eigenvalue weighted by Gasteiger charge is -2.03. The van der Waals surface area contributed by atoms with Crippen LogP contribution in [0.3, 0.4) is 0 Å². The van der Waals surface area contributed by atoms with E-state index in [1.807, 2.05) is 24.3 Å². The predicted molar refractivity (Wildman–Crippen MR) is 106 cm³/mol. The molecular formula is C21H25NO3S. The third-order valence-electron chi connectivity index (χ3n) is 4.30. The third kappa shape index (κ3) is 5.18. The molecule has 5 heteroatoms. The Morgan fingerprint density at radius 3 is 2.65 bits per heavy atom. The lowest BCUT2D eigenvalue weighted by molar-refractivity contribution is 0.211. The molecule has 0 bridgehead atoms. The van der Waals surface area contributed by atoms with Crippen molar-refractivity contribution < 1.29 is 9.15 Å². The van der Waals surface area contributed by atoms with E-state index in [0.29, 0.717) is 16.8 Å². The minimum Gasteiger partial charge on any atom is -0.450 e. The maximum Gasteiger partial charge on any atom is 0.397 e. The summed E-state index contributed by atoms with van der Waals surface area (Å²) in [6.07, 6.45) is 8.00. The quantitative estimate of drug-likeness (QED) is 0.437. The summed E-state index contributed by atoms with van der Waals surface area (Å²) < 4.78 is 10.8. The summed E-state index contributed by atoms with van der Waals surface area (Å²) in [5, 5.41) is 0.535. The Hall–Kier alpha value is -2.14. The maximum absolute atomic E-state index is 12.2. The number of unbranched alkanes of at least 4 members (excludes halogenated alkanes) is 5. The number of benzene rings is 1. The van der Waals surface area contributed by atoms with E-state index in [2.05, 4.69) is 24.0 Å². The van der Waals surface area contributed by atoms with Crippen LogP contribution in [-0.4, -0.2) is 11.6 Å². The second-order valence-electron chi connectivity index (χ2n) is 6.48. The van der Waals surface area contributed by atoms with E-state index in [4.69, 9.17) is 9.15 Å². The van der Waals surface area contributed by atoms with Gasteiger partial charge in [-0.3, -0.25) is 0 Å². The Kier molecular flexibility index (Phi) is 6.83. The first-order valence-corrected chi connectivity index (χ1v) is 10.2. The number of thiophene rings is 1. The van der Waals surface area contributed by atoms with Crippen LogP contribution in [0.25, 0.3) is 10.2 Å². The molecule has 0 saturated heterocycles. The van der Waals surface area contributed by atoms with Gasteiger partial charge in [0.2, 0.25) is 0 Å². The van der Waals surface area contributed by atoms with Crippen LogP contribution in [0.15, 0.2) is 45.6 Å². The van der Waals surface area contributed by atoms with E-state index in [-0.39, 0.29) is 11.7 Å². The van der Waals surface area contributed by atoms with Crippen LogP contribution in [0.5, 0.6) is 6.08 Å². The molecule has 0 atom stereocenters. The summed E-state index contributed by atoms with van der Waals surface area (Å²) in [6.45, 7) is 2.75. The zero-order chi connectivity index (χ0) is 18.2. The number of rotatable bonds is 10. The number of hydrogen-bond donors (Lipinski definition) is 0. The van der Waals surface area contributed by atoms with Crippen molar-refractivity contribution in [3.8, 4) is 6.08 Å². The van der Waals surface area contributed by atoms with E-state index < -0.39 is 0 Å². The van der Waals surface area contributed by atoms with E-state index in [9.17, 15) is 4.79 Å². The Morgan fingerprint density at radius 1 is 1.08 bits per heavy atom. The van der Waals surface area contributed by atoms with Gasteiger partial charge in [-0.2, -0.15) is 4.98 Å². The van der Waals surface area contributed by atoms with Crippen LogP contribution in [0.1, 0.15) is 55.9 Å². The number of aromatic nitrogens is 1. The molecule has 0 N–H and O–H groups in total. The van der Waals surface area contributed by atoms with Crippen molar-refractivity contribution in [3.05, 3.63) is 57.3 Å². The van der Waals surface area contributed by atoms with Gasteiger partial charge in [0, 0.05) is 11.3 Å². The Balaban J connectivity index is 1.59. The topological polar surface area (TPSA) is 52.3 Å². The third-order valence-corrected chi connectivity index (χ3v) is 5.33. The van der Waals surface area contributed by atoms with Gasteiger partial charge in [0.25, 0.3) is 0 Å². The summed E-state index contributed by atoms with van der Waals surface area (Å²) >= 11 is 1.52. The summed E-state index contributed by atoms with van der Waals surface area (Å²) in [5.74, 6) is 0. The van der Waals surface area contributed by atoms with Crippen molar-refractivity contribution in [2.24, 2.45) is 0 Å². The molecule has 0 spiro atoms. The fraction of sp³-hybridized carbons (Fsp3) is 0.429. The highest BCUT2D eigenvalue weighted by Gasteiger charge is 2.12.